The molecule has 0 saturated carbocycles. The molecular weight excluding hydrogens is 519 g/mol. The summed E-state index contributed by atoms with van der Waals surface area (Å²) in [7, 11) is -1.36. The molecule has 5 aromatic rings. The lowest BCUT2D eigenvalue weighted by molar-refractivity contribution is 0.484. The van der Waals surface area contributed by atoms with E-state index < -0.39 is 11.0 Å². The lowest BCUT2D eigenvalue weighted by atomic mass is 10.1. The third-order valence-electron chi connectivity index (χ3n) is 4.86. The molecule has 2 aromatic heterocycles. The molecule has 1 atom stereocenters. The molecule has 0 saturated heterocycles. The van der Waals surface area contributed by atoms with Gasteiger partial charge < -0.3 is 4.74 Å². The Hall–Kier alpha value is -2.97. The van der Waals surface area contributed by atoms with Gasteiger partial charge in [-0.2, -0.15) is 0 Å². The number of pyridine rings is 1. The normalized spacial score (nSPS) is 12.0. The van der Waals surface area contributed by atoms with Crippen molar-refractivity contribution in [3.63, 3.8) is 0 Å². The molecule has 0 bridgehead atoms. The monoisotopic (exact) mass is 536 g/mol. The number of aromatic nitrogens is 2. The summed E-state index contributed by atoms with van der Waals surface area (Å²) in [5.74, 6) is 1.54. The fourth-order valence-corrected chi connectivity index (χ4v) is 5.36. The standard InChI is InChI=1S/C25H17IN2O2S/c26-23-17-28(31(29)20-11-5-2-6-12-20)25-22(23)15-18(16-27-25)21-13-7-8-14-24(21)30-19-9-3-1-4-10-19/h1-17H. The Kier molecular flexibility index (Phi) is 5.57. The predicted octanol–water partition coefficient (Wildman–Crippen LogP) is 6.67. The van der Waals surface area contributed by atoms with E-state index in [9.17, 15) is 4.21 Å². The summed E-state index contributed by atoms with van der Waals surface area (Å²) < 4.78 is 21.9. The third kappa shape index (κ3) is 4.00. The Labute approximate surface area is 196 Å². The first-order valence-corrected chi connectivity index (χ1v) is 11.9. The van der Waals surface area contributed by atoms with Gasteiger partial charge in [-0.1, -0.05) is 54.6 Å². The summed E-state index contributed by atoms with van der Waals surface area (Å²) in [6, 6.07) is 29.1. The first kappa shape index (κ1) is 20.0. The molecule has 1 unspecified atom stereocenters. The summed E-state index contributed by atoms with van der Waals surface area (Å²) in [4.78, 5) is 5.42. The summed E-state index contributed by atoms with van der Waals surface area (Å²) in [6.45, 7) is 0. The molecule has 0 radical (unpaired) electrons. The van der Waals surface area contributed by atoms with Crippen molar-refractivity contribution in [2.45, 2.75) is 4.90 Å². The maximum absolute atomic E-state index is 13.1. The maximum atomic E-state index is 13.1. The van der Waals surface area contributed by atoms with Crippen LogP contribution >= 0.6 is 22.6 Å². The summed E-state index contributed by atoms with van der Waals surface area (Å²) >= 11 is 2.27. The van der Waals surface area contributed by atoms with Crippen LogP contribution in [0.15, 0.2) is 108 Å². The van der Waals surface area contributed by atoms with Crippen LogP contribution in [0, 0.1) is 3.57 Å². The van der Waals surface area contributed by atoms with Gasteiger partial charge >= 0.3 is 0 Å². The molecule has 0 spiro atoms. The molecule has 6 heteroatoms. The van der Waals surface area contributed by atoms with Crippen LogP contribution in [0.5, 0.6) is 11.5 Å². The van der Waals surface area contributed by atoms with E-state index >= 15 is 0 Å². The van der Waals surface area contributed by atoms with Crippen molar-refractivity contribution >= 4 is 44.6 Å². The first-order chi connectivity index (χ1) is 15.2. The second-order valence-corrected chi connectivity index (χ2v) is 9.40. The number of rotatable bonds is 5. The van der Waals surface area contributed by atoms with Gasteiger partial charge in [-0.05, 0) is 59.0 Å². The predicted molar refractivity (Wildman–Crippen MR) is 133 cm³/mol. The Morgan fingerprint density at radius 3 is 2.32 bits per heavy atom. The second-order valence-electron chi connectivity index (χ2n) is 6.87. The van der Waals surface area contributed by atoms with Crippen LogP contribution in [0.25, 0.3) is 22.2 Å². The lowest BCUT2D eigenvalue weighted by Gasteiger charge is -2.11. The third-order valence-corrected chi connectivity index (χ3v) is 7.03. The van der Waals surface area contributed by atoms with Crippen molar-refractivity contribution in [2.75, 3.05) is 0 Å². The number of ether oxygens (including phenoxy) is 1. The van der Waals surface area contributed by atoms with Crippen LogP contribution in [-0.2, 0) is 11.0 Å². The number of fused-ring (bicyclic) bond motifs is 1. The molecular formula is C25H17IN2O2S. The first-order valence-electron chi connectivity index (χ1n) is 9.67. The van der Waals surface area contributed by atoms with Crippen LogP contribution in [-0.4, -0.2) is 13.2 Å². The van der Waals surface area contributed by atoms with E-state index in [-0.39, 0.29) is 0 Å². The lowest BCUT2D eigenvalue weighted by Crippen LogP contribution is -2.04. The van der Waals surface area contributed by atoms with Gasteiger partial charge in [0.15, 0.2) is 16.6 Å². The maximum Gasteiger partial charge on any atom is 0.158 e. The Balaban J connectivity index is 1.56. The topological polar surface area (TPSA) is 44.1 Å². The molecule has 3 aromatic carbocycles. The van der Waals surface area contributed by atoms with Crippen LogP contribution < -0.4 is 4.74 Å². The highest BCUT2D eigenvalue weighted by molar-refractivity contribution is 14.1. The van der Waals surface area contributed by atoms with Gasteiger partial charge in [0, 0.05) is 32.5 Å². The highest BCUT2D eigenvalue weighted by atomic mass is 127. The zero-order valence-electron chi connectivity index (χ0n) is 16.3. The fourth-order valence-electron chi connectivity index (χ4n) is 3.38. The van der Waals surface area contributed by atoms with Crippen molar-refractivity contribution < 1.29 is 8.95 Å². The van der Waals surface area contributed by atoms with Crippen LogP contribution in [0.3, 0.4) is 0 Å². The molecule has 0 aliphatic heterocycles. The molecule has 0 amide bonds. The van der Waals surface area contributed by atoms with Gasteiger partial charge in [0.1, 0.15) is 11.5 Å². The van der Waals surface area contributed by atoms with Gasteiger partial charge in [0.2, 0.25) is 0 Å². The molecule has 2 heterocycles. The van der Waals surface area contributed by atoms with Gasteiger partial charge in [0.25, 0.3) is 0 Å². The molecule has 31 heavy (non-hydrogen) atoms. The molecule has 0 aliphatic rings. The summed E-state index contributed by atoms with van der Waals surface area (Å²) in [5.41, 5.74) is 2.59. The van der Waals surface area contributed by atoms with Crippen molar-refractivity contribution in [3.05, 3.63) is 107 Å². The Bertz CT molecular complexity index is 1390. The van der Waals surface area contributed by atoms with E-state index in [4.69, 9.17) is 4.74 Å². The van der Waals surface area contributed by atoms with E-state index in [2.05, 4.69) is 33.6 Å². The van der Waals surface area contributed by atoms with Crippen molar-refractivity contribution in [1.82, 2.24) is 8.96 Å². The Morgan fingerprint density at radius 1 is 0.871 bits per heavy atom. The van der Waals surface area contributed by atoms with Crippen molar-refractivity contribution in [3.8, 4) is 22.6 Å². The van der Waals surface area contributed by atoms with Crippen molar-refractivity contribution in [1.29, 1.82) is 0 Å². The minimum absolute atomic E-state index is 0.691. The van der Waals surface area contributed by atoms with Crippen LogP contribution in [0.4, 0.5) is 0 Å². The van der Waals surface area contributed by atoms with Gasteiger partial charge in [0.05, 0.1) is 4.90 Å². The van der Waals surface area contributed by atoms with Crippen molar-refractivity contribution in [2.24, 2.45) is 0 Å². The van der Waals surface area contributed by atoms with E-state index in [0.717, 1.165) is 36.5 Å². The van der Waals surface area contributed by atoms with Crippen LogP contribution in [0.1, 0.15) is 0 Å². The molecule has 0 fully saturated rings. The van der Waals surface area contributed by atoms with Gasteiger partial charge in [-0.15, -0.1) is 0 Å². The van der Waals surface area contributed by atoms with E-state index in [1.54, 1.807) is 3.97 Å². The van der Waals surface area contributed by atoms with E-state index in [1.165, 1.54) is 0 Å². The molecule has 152 valence electrons. The number of hydrogen-bond acceptors (Lipinski definition) is 3. The van der Waals surface area contributed by atoms with E-state index in [1.807, 2.05) is 97.3 Å². The minimum atomic E-state index is -1.36. The minimum Gasteiger partial charge on any atom is -0.457 e. The number of benzene rings is 3. The smallest absolute Gasteiger partial charge is 0.158 e. The largest absolute Gasteiger partial charge is 0.457 e. The zero-order chi connectivity index (χ0) is 21.2. The van der Waals surface area contributed by atoms with Gasteiger partial charge in [-0.25, -0.2) is 13.2 Å². The molecule has 4 nitrogen and oxygen atoms in total. The molecule has 0 aliphatic carbocycles. The van der Waals surface area contributed by atoms with Gasteiger partial charge in [-0.3, -0.25) is 0 Å². The van der Waals surface area contributed by atoms with Crippen LogP contribution in [0.2, 0.25) is 0 Å². The van der Waals surface area contributed by atoms with E-state index in [0.29, 0.717) is 5.65 Å². The number of para-hydroxylation sites is 2. The quantitative estimate of drug-likeness (QED) is 0.236. The SMILES string of the molecule is O=S(c1ccccc1)n1cc(I)c2cc(-c3ccccc3Oc3ccccc3)cnc21. The number of hydrogen-bond donors (Lipinski definition) is 0. The average Bonchev–Trinajstić information content (AvgIpc) is 3.16. The summed E-state index contributed by atoms with van der Waals surface area (Å²) in [5, 5.41) is 0.955. The zero-order valence-corrected chi connectivity index (χ0v) is 19.3. The Morgan fingerprint density at radius 2 is 1.55 bits per heavy atom. The number of halogens is 1. The highest BCUT2D eigenvalue weighted by Crippen LogP contribution is 2.35. The second kappa shape index (κ2) is 8.64. The summed E-state index contributed by atoms with van der Waals surface area (Å²) in [6.07, 6.45) is 3.70. The average molecular weight is 536 g/mol. The number of nitrogens with zero attached hydrogens (tertiary/aromatic N) is 2. The molecule has 5 rings (SSSR count). The molecule has 0 N–H and O–H groups in total. The highest BCUT2D eigenvalue weighted by Gasteiger charge is 2.16. The fraction of sp³-hybridized carbons (Fsp3) is 0.